The second-order valence-corrected chi connectivity index (χ2v) is 10.6. The van der Waals surface area contributed by atoms with Crippen LogP contribution in [0.4, 0.5) is 0 Å². The molecule has 2 fully saturated rings. The van der Waals surface area contributed by atoms with E-state index in [2.05, 4.69) is 45.1 Å². The molecule has 1 aliphatic heterocycles. The van der Waals surface area contributed by atoms with Gasteiger partial charge in [0.05, 0.1) is 6.54 Å². The van der Waals surface area contributed by atoms with Crippen LogP contribution in [-0.4, -0.2) is 51.6 Å². The number of hydrogen-bond acceptors (Lipinski definition) is 6. The highest BCUT2D eigenvalue weighted by Gasteiger charge is 2.26. The monoisotopic (exact) mass is 456 g/mol. The summed E-state index contributed by atoms with van der Waals surface area (Å²) in [5.74, 6) is 2.81. The fourth-order valence-corrected chi connectivity index (χ4v) is 6.02. The summed E-state index contributed by atoms with van der Waals surface area (Å²) in [5, 5.41) is 8.18. The van der Waals surface area contributed by atoms with E-state index in [0.29, 0.717) is 18.3 Å². The quantitative estimate of drug-likeness (QED) is 0.545. The fourth-order valence-electron chi connectivity index (χ4n) is 4.71. The van der Waals surface area contributed by atoms with Gasteiger partial charge in [-0.3, -0.25) is 9.69 Å². The van der Waals surface area contributed by atoms with Crippen molar-refractivity contribution < 1.29 is 9.32 Å². The lowest BCUT2D eigenvalue weighted by Crippen LogP contribution is -2.40. The lowest BCUT2D eigenvalue weighted by molar-refractivity contribution is -0.126. The maximum absolute atomic E-state index is 12.5. The Hall–Kier alpha value is -1.86. The minimum Gasteiger partial charge on any atom is -0.356 e. The van der Waals surface area contributed by atoms with Gasteiger partial charge >= 0.3 is 0 Å². The second kappa shape index (κ2) is 11.8. The lowest BCUT2D eigenvalue weighted by Gasteiger charge is -2.30. The number of piperidine rings is 1. The molecule has 7 heteroatoms. The molecule has 0 radical (unpaired) electrons. The highest BCUT2D eigenvalue weighted by molar-refractivity contribution is 7.99. The van der Waals surface area contributed by atoms with Crippen molar-refractivity contribution in [2.75, 3.05) is 25.4 Å². The van der Waals surface area contributed by atoms with Gasteiger partial charge in [-0.1, -0.05) is 48.7 Å². The molecule has 174 valence electrons. The topological polar surface area (TPSA) is 71.3 Å². The second-order valence-electron chi connectivity index (χ2n) is 9.15. The van der Waals surface area contributed by atoms with Gasteiger partial charge in [-0.15, -0.1) is 0 Å². The standard InChI is InChI=1S/C25H36N4O2S/c1-19-8-5-6-11-22(19)24-27-23(31-28-24)18-29-15-12-20(13-16-29)25(30)26-14-7-17-32-21-9-3-2-4-10-21/h5-6,8,11,20-21H,2-4,7,9-10,12-18H2,1H3,(H,26,30). The molecule has 6 nitrogen and oxygen atoms in total. The Labute approximate surface area is 195 Å². The van der Waals surface area contributed by atoms with Crippen molar-refractivity contribution in [2.24, 2.45) is 5.92 Å². The van der Waals surface area contributed by atoms with E-state index in [0.717, 1.165) is 61.0 Å². The van der Waals surface area contributed by atoms with Crippen LogP contribution in [0.25, 0.3) is 11.4 Å². The highest BCUT2D eigenvalue weighted by atomic mass is 32.2. The number of hydrogen-bond donors (Lipinski definition) is 1. The SMILES string of the molecule is Cc1ccccc1-c1noc(CN2CCC(C(=O)NCCCSC3CCCCC3)CC2)n1. The van der Waals surface area contributed by atoms with Gasteiger partial charge in [0.2, 0.25) is 17.6 Å². The van der Waals surface area contributed by atoms with Gasteiger partial charge in [0, 0.05) is 23.3 Å². The number of amides is 1. The van der Waals surface area contributed by atoms with E-state index in [1.165, 1.54) is 32.1 Å². The van der Waals surface area contributed by atoms with Crippen LogP contribution in [0.15, 0.2) is 28.8 Å². The van der Waals surface area contributed by atoms with Crippen LogP contribution in [0, 0.1) is 12.8 Å². The van der Waals surface area contributed by atoms with Crippen molar-refractivity contribution in [2.45, 2.75) is 70.1 Å². The number of aryl methyl sites for hydroxylation is 1. The van der Waals surface area contributed by atoms with Gasteiger partial charge in [0.1, 0.15) is 0 Å². The maximum Gasteiger partial charge on any atom is 0.241 e. The molecule has 2 aromatic rings. The zero-order valence-electron chi connectivity index (χ0n) is 19.2. The summed E-state index contributed by atoms with van der Waals surface area (Å²) < 4.78 is 5.49. The molecule has 0 unspecified atom stereocenters. The van der Waals surface area contributed by atoms with Crippen molar-refractivity contribution in [3.8, 4) is 11.4 Å². The van der Waals surface area contributed by atoms with E-state index in [4.69, 9.17) is 4.52 Å². The molecular weight excluding hydrogens is 420 g/mol. The van der Waals surface area contributed by atoms with E-state index in [1.807, 2.05) is 18.2 Å². The molecule has 1 saturated heterocycles. The molecule has 32 heavy (non-hydrogen) atoms. The molecule has 2 heterocycles. The van der Waals surface area contributed by atoms with Gasteiger partial charge in [-0.2, -0.15) is 16.7 Å². The lowest BCUT2D eigenvalue weighted by atomic mass is 9.96. The van der Waals surface area contributed by atoms with Crippen LogP contribution in [-0.2, 0) is 11.3 Å². The summed E-state index contributed by atoms with van der Waals surface area (Å²) in [5.41, 5.74) is 2.15. The Morgan fingerprint density at radius 2 is 1.94 bits per heavy atom. The predicted octanol–water partition coefficient (Wildman–Crippen LogP) is 4.83. The van der Waals surface area contributed by atoms with Crippen LogP contribution < -0.4 is 5.32 Å². The van der Waals surface area contributed by atoms with Crippen LogP contribution in [0.3, 0.4) is 0 Å². The van der Waals surface area contributed by atoms with E-state index in [9.17, 15) is 4.79 Å². The number of likely N-dealkylation sites (tertiary alicyclic amines) is 1. The summed E-state index contributed by atoms with van der Waals surface area (Å²) in [4.78, 5) is 19.4. The molecule has 1 saturated carbocycles. The van der Waals surface area contributed by atoms with E-state index < -0.39 is 0 Å². The van der Waals surface area contributed by atoms with Gasteiger partial charge in [0.25, 0.3) is 0 Å². The average molecular weight is 457 g/mol. The normalized spacial score (nSPS) is 18.7. The largest absolute Gasteiger partial charge is 0.356 e. The van der Waals surface area contributed by atoms with E-state index >= 15 is 0 Å². The van der Waals surface area contributed by atoms with Crippen LogP contribution in [0.2, 0.25) is 0 Å². The van der Waals surface area contributed by atoms with Crippen LogP contribution >= 0.6 is 11.8 Å². The molecule has 1 amide bonds. The number of thioether (sulfide) groups is 1. The molecule has 1 aromatic heterocycles. The van der Waals surface area contributed by atoms with Gasteiger partial charge < -0.3 is 9.84 Å². The summed E-state index contributed by atoms with van der Waals surface area (Å²) in [6, 6.07) is 8.07. The first-order valence-corrected chi connectivity index (χ1v) is 13.2. The molecular formula is C25H36N4O2S. The Balaban J connectivity index is 1.13. The van der Waals surface area contributed by atoms with Crippen molar-refractivity contribution >= 4 is 17.7 Å². The third-order valence-corrected chi connectivity index (χ3v) is 8.16. The van der Waals surface area contributed by atoms with E-state index in [-0.39, 0.29) is 11.8 Å². The molecule has 0 spiro atoms. The number of rotatable bonds is 9. The molecule has 0 atom stereocenters. The molecule has 2 aliphatic rings. The Bertz CT molecular complexity index is 857. The number of aromatic nitrogens is 2. The highest BCUT2D eigenvalue weighted by Crippen LogP contribution is 2.28. The van der Waals surface area contributed by atoms with Gasteiger partial charge in [0.15, 0.2) is 0 Å². The Morgan fingerprint density at radius 1 is 1.16 bits per heavy atom. The van der Waals surface area contributed by atoms with Crippen molar-refractivity contribution in [3.63, 3.8) is 0 Å². The molecule has 1 aliphatic carbocycles. The molecule has 1 N–H and O–H groups in total. The fraction of sp³-hybridized carbons (Fsp3) is 0.640. The number of benzene rings is 1. The Kier molecular flexibility index (Phi) is 8.62. The summed E-state index contributed by atoms with van der Waals surface area (Å²) >= 11 is 2.11. The first-order valence-electron chi connectivity index (χ1n) is 12.2. The first kappa shape index (κ1) is 23.3. The minimum absolute atomic E-state index is 0.127. The number of carbonyl (C=O) groups excluding carboxylic acids is 1. The zero-order valence-corrected chi connectivity index (χ0v) is 20.0. The van der Waals surface area contributed by atoms with Gasteiger partial charge in [-0.05, 0) is 63.4 Å². The molecule has 4 rings (SSSR count). The number of carbonyl (C=O) groups is 1. The van der Waals surface area contributed by atoms with Crippen molar-refractivity contribution in [1.82, 2.24) is 20.4 Å². The summed E-state index contributed by atoms with van der Waals surface area (Å²) in [6.45, 7) is 5.28. The third-order valence-electron chi connectivity index (χ3n) is 6.70. The first-order chi connectivity index (χ1) is 15.7. The maximum atomic E-state index is 12.5. The van der Waals surface area contributed by atoms with Crippen LogP contribution in [0.5, 0.6) is 0 Å². The molecule has 0 bridgehead atoms. The minimum atomic E-state index is 0.127. The Morgan fingerprint density at radius 3 is 2.72 bits per heavy atom. The van der Waals surface area contributed by atoms with Crippen LogP contribution in [0.1, 0.15) is 62.8 Å². The van der Waals surface area contributed by atoms with Crippen molar-refractivity contribution in [3.05, 3.63) is 35.7 Å². The summed E-state index contributed by atoms with van der Waals surface area (Å²) in [6.07, 6.45) is 9.82. The van der Waals surface area contributed by atoms with Gasteiger partial charge in [-0.25, -0.2) is 0 Å². The molecule has 1 aromatic carbocycles. The number of nitrogens with zero attached hydrogens (tertiary/aromatic N) is 3. The third kappa shape index (κ3) is 6.58. The zero-order chi connectivity index (χ0) is 22.2. The van der Waals surface area contributed by atoms with E-state index in [1.54, 1.807) is 0 Å². The smallest absolute Gasteiger partial charge is 0.241 e. The predicted molar refractivity (Wildman–Crippen MR) is 129 cm³/mol. The average Bonchev–Trinajstić information content (AvgIpc) is 3.28. The number of nitrogens with one attached hydrogen (secondary N) is 1. The summed E-state index contributed by atoms with van der Waals surface area (Å²) in [7, 11) is 0. The van der Waals surface area contributed by atoms with Crippen molar-refractivity contribution in [1.29, 1.82) is 0 Å².